The van der Waals surface area contributed by atoms with Gasteiger partial charge < -0.3 is 15.2 Å². The zero-order valence-electron chi connectivity index (χ0n) is 11.2. The van der Waals surface area contributed by atoms with Crippen LogP contribution in [0.5, 0.6) is 11.5 Å². The highest BCUT2D eigenvalue weighted by Crippen LogP contribution is 2.34. The van der Waals surface area contributed by atoms with E-state index in [-0.39, 0.29) is 0 Å². The molecule has 0 aromatic heterocycles. The molecule has 1 aliphatic rings. The highest BCUT2D eigenvalue weighted by atomic mass is 16.5. The summed E-state index contributed by atoms with van der Waals surface area (Å²) in [4.78, 5) is 2.46. The SMILES string of the molecule is COc1cc(CN2CCCCC2)cc(N)c1OC. The van der Waals surface area contributed by atoms with E-state index in [2.05, 4.69) is 4.90 Å². The van der Waals surface area contributed by atoms with Gasteiger partial charge >= 0.3 is 0 Å². The fourth-order valence-corrected chi connectivity index (χ4v) is 2.52. The van der Waals surface area contributed by atoms with Crippen LogP contribution in [0.4, 0.5) is 5.69 Å². The maximum atomic E-state index is 5.99. The van der Waals surface area contributed by atoms with Gasteiger partial charge in [-0.25, -0.2) is 0 Å². The number of rotatable bonds is 4. The van der Waals surface area contributed by atoms with Crippen molar-refractivity contribution in [3.05, 3.63) is 17.7 Å². The minimum Gasteiger partial charge on any atom is -0.493 e. The topological polar surface area (TPSA) is 47.7 Å². The number of nitrogens with two attached hydrogens (primary N) is 1. The van der Waals surface area contributed by atoms with E-state index < -0.39 is 0 Å². The fourth-order valence-electron chi connectivity index (χ4n) is 2.52. The summed E-state index contributed by atoms with van der Waals surface area (Å²) in [6.45, 7) is 3.28. The molecule has 0 unspecified atom stereocenters. The summed E-state index contributed by atoms with van der Waals surface area (Å²) in [6, 6.07) is 4.00. The number of anilines is 1. The van der Waals surface area contributed by atoms with Gasteiger partial charge in [-0.1, -0.05) is 6.42 Å². The normalized spacial score (nSPS) is 16.6. The van der Waals surface area contributed by atoms with Crippen LogP contribution in [0.1, 0.15) is 24.8 Å². The first kappa shape index (κ1) is 13.0. The molecule has 0 bridgehead atoms. The number of nitrogens with zero attached hydrogens (tertiary/aromatic N) is 1. The summed E-state index contributed by atoms with van der Waals surface area (Å²) in [5.41, 5.74) is 7.82. The van der Waals surface area contributed by atoms with Crippen LogP contribution in [0.3, 0.4) is 0 Å². The molecular weight excluding hydrogens is 228 g/mol. The summed E-state index contributed by atoms with van der Waals surface area (Å²) in [5.74, 6) is 1.34. The van der Waals surface area contributed by atoms with Gasteiger partial charge in [0.1, 0.15) is 0 Å². The number of likely N-dealkylation sites (tertiary alicyclic amines) is 1. The molecule has 2 rings (SSSR count). The standard InChI is InChI=1S/C14H22N2O2/c1-17-13-9-11(8-12(15)14(13)18-2)10-16-6-4-3-5-7-16/h8-9H,3-7,10,15H2,1-2H3. The molecule has 1 aromatic rings. The Labute approximate surface area is 109 Å². The van der Waals surface area contributed by atoms with Crippen molar-refractivity contribution in [2.75, 3.05) is 33.0 Å². The van der Waals surface area contributed by atoms with Gasteiger partial charge in [-0.15, -0.1) is 0 Å². The van der Waals surface area contributed by atoms with E-state index in [1.807, 2.05) is 12.1 Å². The Kier molecular flexibility index (Phi) is 4.31. The summed E-state index contributed by atoms with van der Waals surface area (Å²) in [5, 5.41) is 0. The molecule has 4 heteroatoms. The average Bonchev–Trinajstić information content (AvgIpc) is 2.39. The first-order valence-electron chi connectivity index (χ1n) is 6.47. The molecule has 0 radical (unpaired) electrons. The zero-order valence-corrected chi connectivity index (χ0v) is 11.2. The van der Waals surface area contributed by atoms with Gasteiger partial charge in [0.05, 0.1) is 19.9 Å². The van der Waals surface area contributed by atoms with Gasteiger partial charge in [0.25, 0.3) is 0 Å². The molecule has 2 N–H and O–H groups in total. The van der Waals surface area contributed by atoms with Gasteiger partial charge in [0.2, 0.25) is 0 Å². The molecule has 0 saturated carbocycles. The summed E-state index contributed by atoms with van der Waals surface area (Å²) >= 11 is 0. The molecule has 18 heavy (non-hydrogen) atoms. The van der Waals surface area contributed by atoms with E-state index in [0.29, 0.717) is 17.2 Å². The predicted octanol–water partition coefficient (Wildman–Crippen LogP) is 2.27. The average molecular weight is 250 g/mol. The quantitative estimate of drug-likeness (QED) is 0.833. The fraction of sp³-hybridized carbons (Fsp3) is 0.571. The maximum absolute atomic E-state index is 5.99. The lowest BCUT2D eigenvalue weighted by molar-refractivity contribution is 0.220. The number of hydrogen-bond donors (Lipinski definition) is 1. The zero-order chi connectivity index (χ0) is 13.0. The predicted molar refractivity (Wildman–Crippen MR) is 73.1 cm³/mol. The number of piperidine rings is 1. The van der Waals surface area contributed by atoms with Gasteiger partial charge in [0.15, 0.2) is 11.5 Å². The number of methoxy groups -OCH3 is 2. The molecule has 0 spiro atoms. The summed E-state index contributed by atoms with van der Waals surface area (Å²) in [6.07, 6.45) is 3.94. The van der Waals surface area contributed by atoms with E-state index >= 15 is 0 Å². The second-order valence-corrected chi connectivity index (χ2v) is 4.76. The van der Waals surface area contributed by atoms with Crippen LogP contribution < -0.4 is 15.2 Å². The number of hydrogen-bond acceptors (Lipinski definition) is 4. The van der Waals surface area contributed by atoms with Crippen molar-refractivity contribution >= 4 is 5.69 Å². The van der Waals surface area contributed by atoms with E-state index in [9.17, 15) is 0 Å². The van der Waals surface area contributed by atoms with Crippen molar-refractivity contribution in [2.45, 2.75) is 25.8 Å². The van der Waals surface area contributed by atoms with Crippen molar-refractivity contribution < 1.29 is 9.47 Å². The Balaban J connectivity index is 2.15. The first-order chi connectivity index (χ1) is 8.74. The van der Waals surface area contributed by atoms with Crippen LogP contribution in [0.25, 0.3) is 0 Å². The lowest BCUT2D eigenvalue weighted by Crippen LogP contribution is -2.29. The van der Waals surface area contributed by atoms with Crippen molar-refractivity contribution in [2.24, 2.45) is 0 Å². The van der Waals surface area contributed by atoms with Crippen molar-refractivity contribution in [3.8, 4) is 11.5 Å². The minimum absolute atomic E-state index is 0.625. The Morgan fingerprint density at radius 3 is 2.44 bits per heavy atom. The van der Waals surface area contributed by atoms with Crippen LogP contribution >= 0.6 is 0 Å². The van der Waals surface area contributed by atoms with E-state index in [1.54, 1.807) is 14.2 Å². The number of benzene rings is 1. The molecule has 1 saturated heterocycles. The largest absolute Gasteiger partial charge is 0.493 e. The number of ether oxygens (including phenoxy) is 2. The molecular formula is C14H22N2O2. The van der Waals surface area contributed by atoms with Gasteiger partial charge in [-0.05, 0) is 43.6 Å². The maximum Gasteiger partial charge on any atom is 0.183 e. The molecule has 0 amide bonds. The van der Waals surface area contributed by atoms with E-state index in [4.69, 9.17) is 15.2 Å². The highest BCUT2D eigenvalue weighted by Gasteiger charge is 2.14. The van der Waals surface area contributed by atoms with Gasteiger partial charge in [-0.3, -0.25) is 4.90 Å². The Morgan fingerprint density at radius 1 is 1.11 bits per heavy atom. The Bertz CT molecular complexity index is 401. The van der Waals surface area contributed by atoms with E-state index in [0.717, 1.165) is 6.54 Å². The van der Waals surface area contributed by atoms with Crippen LogP contribution in [0, 0.1) is 0 Å². The molecule has 1 heterocycles. The molecule has 0 aliphatic carbocycles. The van der Waals surface area contributed by atoms with Gasteiger partial charge in [0, 0.05) is 6.54 Å². The Hall–Kier alpha value is -1.42. The van der Waals surface area contributed by atoms with E-state index in [1.165, 1.54) is 37.9 Å². The molecule has 0 atom stereocenters. The first-order valence-corrected chi connectivity index (χ1v) is 6.47. The summed E-state index contributed by atoms with van der Waals surface area (Å²) in [7, 11) is 3.25. The second-order valence-electron chi connectivity index (χ2n) is 4.76. The monoisotopic (exact) mass is 250 g/mol. The lowest BCUT2D eigenvalue weighted by atomic mass is 10.1. The van der Waals surface area contributed by atoms with Gasteiger partial charge in [-0.2, -0.15) is 0 Å². The molecule has 1 aromatic carbocycles. The van der Waals surface area contributed by atoms with Crippen LogP contribution in [0.2, 0.25) is 0 Å². The third-order valence-corrected chi connectivity index (χ3v) is 3.42. The van der Waals surface area contributed by atoms with Crippen molar-refractivity contribution in [1.82, 2.24) is 4.90 Å². The van der Waals surface area contributed by atoms with Crippen LogP contribution in [0.15, 0.2) is 12.1 Å². The van der Waals surface area contributed by atoms with Crippen LogP contribution in [-0.2, 0) is 6.54 Å². The van der Waals surface area contributed by atoms with Crippen LogP contribution in [-0.4, -0.2) is 32.2 Å². The highest BCUT2D eigenvalue weighted by molar-refractivity contribution is 5.62. The number of nitrogen functional groups attached to an aromatic ring is 1. The minimum atomic E-state index is 0.625. The molecule has 1 fully saturated rings. The molecule has 1 aliphatic heterocycles. The lowest BCUT2D eigenvalue weighted by Gasteiger charge is -2.26. The third-order valence-electron chi connectivity index (χ3n) is 3.42. The summed E-state index contributed by atoms with van der Waals surface area (Å²) < 4.78 is 10.6. The second kappa shape index (κ2) is 5.96. The smallest absolute Gasteiger partial charge is 0.183 e. The Morgan fingerprint density at radius 2 is 1.83 bits per heavy atom. The third kappa shape index (κ3) is 2.88. The molecule has 100 valence electrons. The molecule has 4 nitrogen and oxygen atoms in total. The van der Waals surface area contributed by atoms with Crippen molar-refractivity contribution in [3.63, 3.8) is 0 Å². The van der Waals surface area contributed by atoms with Crippen molar-refractivity contribution in [1.29, 1.82) is 0 Å².